The summed E-state index contributed by atoms with van der Waals surface area (Å²) in [7, 11) is 0. The second-order valence-corrected chi connectivity index (χ2v) is 7.88. The normalized spacial score (nSPS) is 19.3. The van der Waals surface area contributed by atoms with E-state index in [9.17, 15) is 14.5 Å². The van der Waals surface area contributed by atoms with Crippen LogP contribution >= 0.6 is 0 Å². The predicted molar refractivity (Wildman–Crippen MR) is 115 cm³/mol. The van der Waals surface area contributed by atoms with Crippen molar-refractivity contribution >= 4 is 22.3 Å². The molecule has 3 heterocycles. The number of rotatable bonds is 5. The lowest BCUT2D eigenvalue weighted by atomic mass is 10.2. The Labute approximate surface area is 183 Å². The zero-order chi connectivity index (χ0) is 22.1. The molecular formula is C22H23FN4O5. The average molecular weight is 442 g/mol. The monoisotopic (exact) mass is 442 g/mol. The molecule has 0 radical (unpaired) electrons. The van der Waals surface area contributed by atoms with Crippen molar-refractivity contribution < 1.29 is 23.5 Å². The first kappa shape index (κ1) is 20.7. The van der Waals surface area contributed by atoms with E-state index >= 15 is 0 Å². The van der Waals surface area contributed by atoms with Crippen LogP contribution in [0, 0.1) is 15.9 Å². The topological polar surface area (TPSA) is 91.9 Å². The molecule has 5 rings (SSSR count). The van der Waals surface area contributed by atoms with E-state index in [4.69, 9.17) is 19.3 Å². The van der Waals surface area contributed by atoms with Crippen LogP contribution in [0.15, 0.2) is 36.5 Å². The number of fused-ring (bicyclic) bond motifs is 1. The van der Waals surface area contributed by atoms with Crippen LogP contribution in [0.4, 0.5) is 15.8 Å². The average Bonchev–Trinajstić information content (AvgIpc) is 3.24. The summed E-state index contributed by atoms with van der Waals surface area (Å²) in [5.74, 6) is -0.415. The predicted octanol–water partition coefficient (Wildman–Crippen LogP) is 4.41. The van der Waals surface area contributed by atoms with Crippen LogP contribution in [0.2, 0.25) is 0 Å². The molecule has 32 heavy (non-hydrogen) atoms. The third-order valence-corrected chi connectivity index (χ3v) is 5.75. The van der Waals surface area contributed by atoms with Gasteiger partial charge in [-0.3, -0.25) is 10.1 Å². The van der Waals surface area contributed by atoms with Gasteiger partial charge in [0.15, 0.2) is 17.3 Å². The van der Waals surface area contributed by atoms with Crippen LogP contribution in [0.5, 0.6) is 11.5 Å². The molecule has 3 aromatic rings. The van der Waals surface area contributed by atoms with Gasteiger partial charge >= 0.3 is 0 Å². The number of benzene rings is 2. The molecule has 0 aliphatic carbocycles. The maximum Gasteiger partial charge on any atom is 0.272 e. The zero-order valence-corrected chi connectivity index (χ0v) is 17.4. The summed E-state index contributed by atoms with van der Waals surface area (Å²) in [5.41, 5.74) is 1.23. The van der Waals surface area contributed by atoms with Gasteiger partial charge in [-0.1, -0.05) is 0 Å². The lowest BCUT2D eigenvalue weighted by Crippen LogP contribution is -2.36. The van der Waals surface area contributed by atoms with E-state index in [0.29, 0.717) is 38.7 Å². The van der Waals surface area contributed by atoms with Crippen LogP contribution in [-0.2, 0) is 9.47 Å². The molecule has 2 aliphatic heterocycles. The van der Waals surface area contributed by atoms with E-state index in [-0.39, 0.29) is 17.7 Å². The summed E-state index contributed by atoms with van der Waals surface area (Å²) in [4.78, 5) is 12.4. The van der Waals surface area contributed by atoms with Gasteiger partial charge in [0.25, 0.3) is 5.69 Å². The summed E-state index contributed by atoms with van der Waals surface area (Å²) in [6.45, 7) is 3.20. The first-order valence-electron chi connectivity index (χ1n) is 10.7. The highest BCUT2D eigenvalue weighted by Gasteiger charge is 2.22. The van der Waals surface area contributed by atoms with Crippen molar-refractivity contribution in [3.8, 4) is 11.5 Å². The van der Waals surface area contributed by atoms with Crippen LogP contribution < -0.4 is 9.64 Å². The van der Waals surface area contributed by atoms with E-state index in [1.807, 2.05) is 23.0 Å². The highest BCUT2D eigenvalue weighted by Crippen LogP contribution is 2.38. The van der Waals surface area contributed by atoms with Gasteiger partial charge in [0.2, 0.25) is 0 Å². The van der Waals surface area contributed by atoms with Gasteiger partial charge in [0, 0.05) is 37.3 Å². The fraction of sp³-hybridized carbons (Fsp3) is 0.409. The van der Waals surface area contributed by atoms with Crippen molar-refractivity contribution in [2.45, 2.75) is 25.5 Å². The lowest BCUT2D eigenvalue weighted by molar-refractivity contribution is -0.385. The molecule has 9 nitrogen and oxygen atoms in total. The Kier molecular flexibility index (Phi) is 5.62. The zero-order valence-electron chi connectivity index (χ0n) is 17.4. The van der Waals surface area contributed by atoms with E-state index in [1.54, 1.807) is 0 Å². The number of hydrogen-bond donors (Lipinski definition) is 0. The van der Waals surface area contributed by atoms with E-state index in [0.717, 1.165) is 41.9 Å². The summed E-state index contributed by atoms with van der Waals surface area (Å²) < 4.78 is 33.6. The van der Waals surface area contributed by atoms with Crippen molar-refractivity contribution in [2.75, 3.05) is 37.8 Å². The molecule has 0 saturated carbocycles. The van der Waals surface area contributed by atoms with Crippen molar-refractivity contribution in [2.24, 2.45) is 0 Å². The Morgan fingerprint density at radius 1 is 1.12 bits per heavy atom. The van der Waals surface area contributed by atoms with Crippen LogP contribution in [0.25, 0.3) is 10.9 Å². The number of hydrogen-bond acceptors (Lipinski definition) is 7. The number of nitro benzene ring substituents is 1. The third kappa shape index (κ3) is 4.11. The van der Waals surface area contributed by atoms with Gasteiger partial charge in [-0.2, -0.15) is 5.10 Å². The Balaban J connectivity index is 1.53. The molecule has 0 bridgehead atoms. The number of anilines is 1. The highest BCUT2D eigenvalue weighted by molar-refractivity contribution is 5.86. The van der Waals surface area contributed by atoms with Gasteiger partial charge < -0.3 is 19.1 Å². The second-order valence-electron chi connectivity index (χ2n) is 7.88. The van der Waals surface area contributed by atoms with Crippen molar-refractivity contribution in [1.82, 2.24) is 9.78 Å². The van der Waals surface area contributed by atoms with Gasteiger partial charge in [-0.05, 0) is 37.5 Å². The Morgan fingerprint density at radius 2 is 1.97 bits per heavy atom. The molecule has 2 fully saturated rings. The Hall–Kier alpha value is -3.24. The van der Waals surface area contributed by atoms with Gasteiger partial charge in [-0.25, -0.2) is 9.07 Å². The first-order chi connectivity index (χ1) is 15.6. The number of nitro groups is 1. The highest BCUT2D eigenvalue weighted by atomic mass is 19.1. The maximum atomic E-state index is 14.5. The minimum Gasteiger partial charge on any atom is -0.452 e. The van der Waals surface area contributed by atoms with Gasteiger partial charge in [0.05, 0.1) is 35.4 Å². The minimum atomic E-state index is -0.793. The fourth-order valence-corrected chi connectivity index (χ4v) is 4.08. The standard InChI is InChI=1S/C22H23FN4O5/c23-17-12-16(27(28)29)4-5-20(17)32-21-11-15-14-26(22-3-1-2-8-31-22)24-18(15)13-19(21)25-6-9-30-10-7-25/h4-5,11-14,22H,1-3,6-10H2. The first-order valence-corrected chi connectivity index (χ1v) is 10.7. The molecule has 0 N–H and O–H groups in total. The van der Waals surface area contributed by atoms with Crippen molar-refractivity contribution in [3.63, 3.8) is 0 Å². The number of ether oxygens (including phenoxy) is 3. The van der Waals surface area contributed by atoms with Crippen molar-refractivity contribution in [1.29, 1.82) is 0 Å². The lowest BCUT2D eigenvalue weighted by Gasteiger charge is -2.30. The molecule has 1 aromatic heterocycles. The number of halogens is 1. The third-order valence-electron chi connectivity index (χ3n) is 5.75. The largest absolute Gasteiger partial charge is 0.452 e. The summed E-state index contributed by atoms with van der Waals surface area (Å²) in [6.07, 6.45) is 4.86. The molecule has 2 aromatic carbocycles. The summed E-state index contributed by atoms with van der Waals surface area (Å²) in [6, 6.07) is 7.12. The van der Waals surface area contributed by atoms with Crippen molar-refractivity contribution in [3.05, 3.63) is 52.5 Å². The molecule has 2 aliphatic rings. The van der Waals surface area contributed by atoms with E-state index < -0.39 is 10.7 Å². The van der Waals surface area contributed by atoms with Crippen LogP contribution in [-0.4, -0.2) is 47.6 Å². The smallest absolute Gasteiger partial charge is 0.272 e. The number of nitrogens with zero attached hydrogens (tertiary/aromatic N) is 4. The Morgan fingerprint density at radius 3 is 2.69 bits per heavy atom. The van der Waals surface area contributed by atoms with E-state index in [1.165, 1.54) is 12.1 Å². The molecule has 1 atom stereocenters. The number of non-ortho nitro benzene ring substituents is 1. The Bertz CT molecular complexity index is 1140. The molecule has 168 valence electrons. The molecular weight excluding hydrogens is 419 g/mol. The molecule has 10 heteroatoms. The summed E-state index contributed by atoms with van der Waals surface area (Å²) >= 11 is 0. The van der Waals surface area contributed by atoms with Crippen LogP contribution in [0.1, 0.15) is 25.5 Å². The van der Waals surface area contributed by atoms with Gasteiger partial charge in [-0.15, -0.1) is 0 Å². The maximum absolute atomic E-state index is 14.5. The summed E-state index contributed by atoms with van der Waals surface area (Å²) in [5, 5.41) is 16.5. The molecule has 2 saturated heterocycles. The minimum absolute atomic E-state index is 0.0764. The quantitative estimate of drug-likeness (QED) is 0.427. The SMILES string of the molecule is O=[N+]([O-])c1ccc(Oc2cc3cn(C4CCCCO4)nc3cc2N2CCOCC2)c(F)c1. The van der Waals surface area contributed by atoms with Gasteiger partial charge in [0.1, 0.15) is 6.23 Å². The molecule has 0 spiro atoms. The number of aromatic nitrogens is 2. The van der Waals surface area contributed by atoms with E-state index in [2.05, 4.69) is 4.90 Å². The molecule has 1 unspecified atom stereocenters. The number of morpholine rings is 1. The fourth-order valence-electron chi connectivity index (χ4n) is 4.08. The second kappa shape index (κ2) is 8.71. The van der Waals surface area contributed by atoms with Crippen LogP contribution in [0.3, 0.4) is 0 Å². The molecule has 0 amide bonds.